The Bertz CT molecular complexity index is 720. The van der Waals surface area contributed by atoms with Crippen molar-refractivity contribution in [2.24, 2.45) is 11.1 Å². The molecule has 3 rings (SSSR count). The molecule has 7 nitrogen and oxygen atoms in total. The summed E-state index contributed by atoms with van der Waals surface area (Å²) in [5.74, 6) is 0.137. The van der Waals surface area contributed by atoms with Gasteiger partial charge in [0.25, 0.3) is 5.91 Å². The fraction of sp³-hybridized carbons (Fsp3) is 0.562. The van der Waals surface area contributed by atoms with Crippen LogP contribution in [0.4, 0.5) is 0 Å². The number of likely N-dealkylation sites (tertiary alicyclic amines) is 1. The number of benzene rings is 1. The second-order valence-electron chi connectivity index (χ2n) is 6.26. The van der Waals surface area contributed by atoms with Crippen LogP contribution in [0.5, 0.6) is 0 Å². The molecule has 0 bridgehead atoms. The topological polar surface area (TPSA) is 98.9 Å². The van der Waals surface area contributed by atoms with Crippen LogP contribution in [0.2, 0.25) is 0 Å². The molecule has 0 aromatic heterocycles. The Hall–Kier alpha value is -1.48. The lowest BCUT2D eigenvalue weighted by Crippen LogP contribution is -2.41. The normalized spacial score (nSPS) is 20.5. The lowest BCUT2D eigenvalue weighted by atomic mass is 9.95. The zero-order valence-corrected chi connectivity index (χ0v) is 14.4. The predicted molar refractivity (Wildman–Crippen MR) is 86.9 cm³/mol. The molecule has 2 heterocycles. The minimum Gasteiger partial charge on any atom is -0.350 e. The maximum absolute atomic E-state index is 12.8. The van der Waals surface area contributed by atoms with Crippen molar-refractivity contribution in [3.8, 4) is 0 Å². The summed E-state index contributed by atoms with van der Waals surface area (Å²) >= 11 is 0. The van der Waals surface area contributed by atoms with Crippen LogP contribution in [0.1, 0.15) is 28.8 Å². The van der Waals surface area contributed by atoms with Gasteiger partial charge in [-0.15, -0.1) is 0 Å². The summed E-state index contributed by atoms with van der Waals surface area (Å²) in [6.07, 6.45) is 1.46. The van der Waals surface area contributed by atoms with E-state index in [0.29, 0.717) is 37.8 Å². The highest BCUT2D eigenvalue weighted by Gasteiger charge is 2.32. The van der Waals surface area contributed by atoms with Crippen molar-refractivity contribution in [2.45, 2.75) is 31.0 Å². The molecule has 0 saturated carbocycles. The van der Waals surface area contributed by atoms with E-state index in [1.807, 2.05) is 0 Å². The van der Waals surface area contributed by atoms with Crippen LogP contribution in [0, 0.1) is 12.8 Å². The third-order valence-corrected chi connectivity index (χ3v) is 5.54. The monoisotopic (exact) mass is 354 g/mol. The van der Waals surface area contributed by atoms with E-state index in [0.717, 1.165) is 18.4 Å². The van der Waals surface area contributed by atoms with Gasteiger partial charge in [-0.05, 0) is 37.5 Å². The number of rotatable bonds is 3. The second kappa shape index (κ2) is 6.79. The van der Waals surface area contributed by atoms with Gasteiger partial charge in [0.05, 0.1) is 18.1 Å². The van der Waals surface area contributed by atoms with E-state index in [1.165, 1.54) is 12.1 Å². The number of nitrogens with zero attached hydrogens (tertiary/aromatic N) is 1. The highest BCUT2D eigenvalue weighted by atomic mass is 32.2. The van der Waals surface area contributed by atoms with Gasteiger partial charge in [0.2, 0.25) is 10.0 Å². The Morgan fingerprint density at radius 3 is 2.42 bits per heavy atom. The Kier molecular flexibility index (Phi) is 4.91. The molecule has 2 aliphatic heterocycles. The molecule has 0 spiro atoms. The molecule has 2 saturated heterocycles. The second-order valence-corrected chi connectivity index (χ2v) is 7.82. The standard InChI is InChI=1S/C16H22N2O5S/c1-11-2-3-13(24(17,20)21)10-14(11)15(19)18-6-4-12(5-7-18)16-22-8-9-23-16/h2-3,10,12,16H,4-9H2,1H3,(H2,17,20,21). The molecule has 24 heavy (non-hydrogen) atoms. The van der Waals surface area contributed by atoms with Crippen LogP contribution < -0.4 is 5.14 Å². The van der Waals surface area contributed by atoms with Gasteiger partial charge < -0.3 is 14.4 Å². The number of carbonyl (C=O) groups is 1. The van der Waals surface area contributed by atoms with Gasteiger partial charge in [-0.1, -0.05) is 6.07 Å². The van der Waals surface area contributed by atoms with Gasteiger partial charge in [-0.25, -0.2) is 13.6 Å². The molecule has 1 aromatic rings. The summed E-state index contributed by atoms with van der Waals surface area (Å²) in [6.45, 7) is 4.25. The largest absolute Gasteiger partial charge is 0.350 e. The number of nitrogens with two attached hydrogens (primary N) is 1. The molecule has 2 N–H and O–H groups in total. The predicted octanol–water partition coefficient (Wildman–Crippen LogP) is 0.868. The molecule has 2 aliphatic rings. The third kappa shape index (κ3) is 3.61. The molecule has 0 aliphatic carbocycles. The molecule has 1 aromatic carbocycles. The zero-order chi connectivity index (χ0) is 17.3. The average molecular weight is 354 g/mol. The van der Waals surface area contributed by atoms with E-state index >= 15 is 0 Å². The van der Waals surface area contributed by atoms with Crippen molar-refractivity contribution in [3.05, 3.63) is 29.3 Å². The number of primary sulfonamides is 1. The number of piperidine rings is 1. The number of aryl methyl sites for hydroxylation is 1. The summed E-state index contributed by atoms with van der Waals surface area (Å²) in [6, 6.07) is 4.39. The maximum Gasteiger partial charge on any atom is 0.254 e. The minimum absolute atomic E-state index is 0.0425. The van der Waals surface area contributed by atoms with Gasteiger partial charge in [0, 0.05) is 24.6 Å². The Morgan fingerprint density at radius 1 is 1.21 bits per heavy atom. The Labute approximate surface area is 141 Å². The smallest absolute Gasteiger partial charge is 0.254 e. The molecule has 8 heteroatoms. The summed E-state index contributed by atoms with van der Waals surface area (Å²) in [5, 5.41) is 5.16. The molecule has 0 radical (unpaired) electrons. The quantitative estimate of drug-likeness (QED) is 0.868. The summed E-state index contributed by atoms with van der Waals surface area (Å²) in [4.78, 5) is 14.5. The van der Waals surface area contributed by atoms with E-state index in [1.54, 1.807) is 17.9 Å². The van der Waals surface area contributed by atoms with Crippen molar-refractivity contribution in [2.75, 3.05) is 26.3 Å². The summed E-state index contributed by atoms with van der Waals surface area (Å²) in [7, 11) is -3.83. The van der Waals surface area contributed by atoms with E-state index in [2.05, 4.69) is 0 Å². The van der Waals surface area contributed by atoms with Gasteiger partial charge in [-0.2, -0.15) is 0 Å². The first kappa shape index (κ1) is 17.3. The summed E-state index contributed by atoms with van der Waals surface area (Å²) in [5.41, 5.74) is 1.12. The molecule has 0 unspecified atom stereocenters. The number of ether oxygens (including phenoxy) is 2. The number of sulfonamides is 1. The molecule has 1 amide bonds. The Morgan fingerprint density at radius 2 is 1.83 bits per heavy atom. The van der Waals surface area contributed by atoms with Crippen molar-refractivity contribution in [1.82, 2.24) is 4.90 Å². The fourth-order valence-corrected chi connectivity index (χ4v) is 3.74. The number of amides is 1. The highest BCUT2D eigenvalue weighted by molar-refractivity contribution is 7.89. The van der Waals surface area contributed by atoms with Crippen molar-refractivity contribution >= 4 is 15.9 Å². The van der Waals surface area contributed by atoms with Gasteiger partial charge in [0.15, 0.2) is 6.29 Å². The van der Waals surface area contributed by atoms with Gasteiger partial charge >= 0.3 is 0 Å². The lowest BCUT2D eigenvalue weighted by molar-refractivity contribution is -0.0956. The SMILES string of the molecule is Cc1ccc(S(N)(=O)=O)cc1C(=O)N1CCC(C2OCCO2)CC1. The zero-order valence-electron chi connectivity index (χ0n) is 13.6. The number of carbonyl (C=O) groups excluding carboxylic acids is 1. The Balaban J connectivity index is 1.71. The molecular weight excluding hydrogens is 332 g/mol. The minimum atomic E-state index is -3.83. The summed E-state index contributed by atoms with van der Waals surface area (Å²) < 4.78 is 34.1. The van der Waals surface area contributed by atoms with Gasteiger partial charge in [-0.3, -0.25) is 4.79 Å². The number of hydrogen-bond donors (Lipinski definition) is 1. The van der Waals surface area contributed by atoms with E-state index in [-0.39, 0.29) is 17.1 Å². The van der Waals surface area contributed by atoms with Crippen LogP contribution in [0.25, 0.3) is 0 Å². The van der Waals surface area contributed by atoms with Crippen LogP contribution >= 0.6 is 0 Å². The van der Waals surface area contributed by atoms with Crippen molar-refractivity contribution in [3.63, 3.8) is 0 Å². The van der Waals surface area contributed by atoms with Crippen molar-refractivity contribution in [1.29, 1.82) is 0 Å². The first-order valence-corrected chi connectivity index (χ1v) is 9.57. The first-order valence-electron chi connectivity index (χ1n) is 8.02. The highest BCUT2D eigenvalue weighted by Crippen LogP contribution is 2.27. The average Bonchev–Trinajstić information content (AvgIpc) is 3.08. The van der Waals surface area contributed by atoms with Crippen molar-refractivity contribution < 1.29 is 22.7 Å². The molecule has 0 atom stereocenters. The van der Waals surface area contributed by atoms with E-state index in [4.69, 9.17) is 14.6 Å². The lowest BCUT2D eigenvalue weighted by Gasteiger charge is -2.34. The van der Waals surface area contributed by atoms with E-state index in [9.17, 15) is 13.2 Å². The van der Waals surface area contributed by atoms with Crippen LogP contribution in [-0.2, 0) is 19.5 Å². The fourth-order valence-electron chi connectivity index (χ4n) is 3.20. The molecule has 132 valence electrons. The van der Waals surface area contributed by atoms with Crippen LogP contribution in [0.3, 0.4) is 0 Å². The van der Waals surface area contributed by atoms with Crippen LogP contribution in [0.15, 0.2) is 23.1 Å². The molecular formula is C16H22N2O5S. The first-order chi connectivity index (χ1) is 11.4. The van der Waals surface area contributed by atoms with E-state index < -0.39 is 10.0 Å². The maximum atomic E-state index is 12.8. The number of hydrogen-bond acceptors (Lipinski definition) is 5. The third-order valence-electron chi connectivity index (χ3n) is 4.63. The van der Waals surface area contributed by atoms with Gasteiger partial charge in [0.1, 0.15) is 0 Å². The van der Waals surface area contributed by atoms with Crippen LogP contribution in [-0.4, -0.2) is 51.8 Å². The molecule has 2 fully saturated rings.